The van der Waals surface area contributed by atoms with E-state index in [9.17, 15) is 0 Å². The first-order valence-electron chi connectivity index (χ1n) is 4.65. The SMILES string of the molecule is CC1C=CC2=C(C=C1)CNCC2. The smallest absolute Gasteiger partial charge is 0.0208 e. The van der Waals surface area contributed by atoms with Crippen molar-refractivity contribution in [2.45, 2.75) is 13.3 Å². The first kappa shape index (κ1) is 7.81. The van der Waals surface area contributed by atoms with Gasteiger partial charge in [0.15, 0.2) is 0 Å². The largest absolute Gasteiger partial charge is 0.312 e. The van der Waals surface area contributed by atoms with Gasteiger partial charge in [-0.25, -0.2) is 0 Å². The molecule has 2 rings (SSSR count). The minimum Gasteiger partial charge on any atom is -0.312 e. The lowest BCUT2D eigenvalue weighted by Gasteiger charge is -2.15. The predicted octanol–water partition coefficient (Wildman–Crippen LogP) is 2.04. The Bertz CT molecular complexity index is 232. The Labute approximate surface area is 73.9 Å². The molecule has 1 N–H and O–H groups in total. The van der Waals surface area contributed by atoms with E-state index in [1.807, 2.05) is 0 Å². The standard InChI is InChI=1S/C11H15N/c1-9-2-4-10-6-7-12-8-11(10)5-3-9/h2-5,9,12H,6-8H2,1H3. The van der Waals surface area contributed by atoms with E-state index >= 15 is 0 Å². The third kappa shape index (κ3) is 1.51. The van der Waals surface area contributed by atoms with Gasteiger partial charge in [-0.1, -0.05) is 31.2 Å². The average Bonchev–Trinajstić information content (AvgIpc) is 2.29. The van der Waals surface area contributed by atoms with Crippen LogP contribution in [0.4, 0.5) is 0 Å². The van der Waals surface area contributed by atoms with Crippen LogP contribution in [0.5, 0.6) is 0 Å². The summed E-state index contributed by atoms with van der Waals surface area (Å²) in [5.74, 6) is 0.593. The fraction of sp³-hybridized carbons (Fsp3) is 0.455. The van der Waals surface area contributed by atoms with E-state index in [1.165, 1.54) is 17.6 Å². The molecule has 0 spiro atoms. The van der Waals surface area contributed by atoms with Gasteiger partial charge in [-0.3, -0.25) is 0 Å². The predicted molar refractivity (Wildman–Crippen MR) is 52.0 cm³/mol. The van der Waals surface area contributed by atoms with Gasteiger partial charge in [0.1, 0.15) is 0 Å². The second-order valence-electron chi connectivity index (χ2n) is 3.55. The second kappa shape index (κ2) is 3.28. The molecular weight excluding hydrogens is 146 g/mol. The Kier molecular flexibility index (Phi) is 2.13. The summed E-state index contributed by atoms with van der Waals surface area (Å²) in [6, 6.07) is 0. The topological polar surface area (TPSA) is 12.0 Å². The summed E-state index contributed by atoms with van der Waals surface area (Å²) >= 11 is 0. The van der Waals surface area contributed by atoms with E-state index in [4.69, 9.17) is 0 Å². The number of allylic oxidation sites excluding steroid dienone is 3. The minimum absolute atomic E-state index is 0.593. The molecular formula is C11H15N. The summed E-state index contributed by atoms with van der Waals surface area (Å²) in [6.45, 7) is 4.40. The monoisotopic (exact) mass is 161 g/mol. The molecule has 0 aromatic carbocycles. The molecule has 0 aromatic rings. The van der Waals surface area contributed by atoms with Gasteiger partial charge in [0.25, 0.3) is 0 Å². The zero-order valence-corrected chi connectivity index (χ0v) is 7.51. The molecule has 0 saturated heterocycles. The molecule has 0 fully saturated rings. The van der Waals surface area contributed by atoms with Crippen LogP contribution in [0.25, 0.3) is 0 Å². The molecule has 1 heteroatoms. The molecule has 0 amide bonds. The average molecular weight is 161 g/mol. The van der Waals surface area contributed by atoms with E-state index in [0.717, 1.165) is 13.1 Å². The molecule has 0 radical (unpaired) electrons. The second-order valence-corrected chi connectivity index (χ2v) is 3.55. The van der Waals surface area contributed by atoms with E-state index in [-0.39, 0.29) is 0 Å². The Morgan fingerprint density at radius 1 is 1.25 bits per heavy atom. The van der Waals surface area contributed by atoms with Crippen LogP contribution >= 0.6 is 0 Å². The molecule has 1 aliphatic heterocycles. The lowest BCUT2D eigenvalue weighted by Crippen LogP contribution is -2.23. The van der Waals surface area contributed by atoms with Crippen LogP contribution in [-0.2, 0) is 0 Å². The first-order valence-corrected chi connectivity index (χ1v) is 4.65. The van der Waals surface area contributed by atoms with Crippen molar-refractivity contribution in [1.29, 1.82) is 0 Å². The number of nitrogens with one attached hydrogen (secondary N) is 1. The van der Waals surface area contributed by atoms with Crippen LogP contribution < -0.4 is 5.32 Å². The summed E-state index contributed by atoms with van der Waals surface area (Å²) in [6.07, 6.45) is 10.3. The van der Waals surface area contributed by atoms with Gasteiger partial charge in [0.2, 0.25) is 0 Å². The van der Waals surface area contributed by atoms with Gasteiger partial charge in [0, 0.05) is 6.54 Å². The summed E-state index contributed by atoms with van der Waals surface area (Å²) in [5.41, 5.74) is 3.00. The quantitative estimate of drug-likeness (QED) is 0.573. The van der Waals surface area contributed by atoms with Gasteiger partial charge >= 0.3 is 0 Å². The van der Waals surface area contributed by atoms with E-state index in [0.29, 0.717) is 5.92 Å². The van der Waals surface area contributed by atoms with Gasteiger partial charge in [-0.05, 0) is 30.0 Å². The zero-order valence-electron chi connectivity index (χ0n) is 7.51. The maximum Gasteiger partial charge on any atom is 0.0208 e. The third-order valence-corrected chi connectivity index (χ3v) is 2.50. The molecule has 0 aromatic heterocycles. The molecule has 1 unspecified atom stereocenters. The molecule has 1 heterocycles. The Morgan fingerprint density at radius 2 is 2.00 bits per heavy atom. The normalized spacial score (nSPS) is 28.6. The van der Waals surface area contributed by atoms with E-state index in [1.54, 1.807) is 0 Å². The fourth-order valence-corrected chi connectivity index (χ4v) is 1.68. The van der Waals surface area contributed by atoms with Crippen LogP contribution in [-0.4, -0.2) is 13.1 Å². The third-order valence-electron chi connectivity index (χ3n) is 2.50. The van der Waals surface area contributed by atoms with Gasteiger partial charge in [-0.15, -0.1) is 0 Å². The highest BCUT2D eigenvalue weighted by Crippen LogP contribution is 2.20. The fourth-order valence-electron chi connectivity index (χ4n) is 1.68. The van der Waals surface area contributed by atoms with Crippen molar-refractivity contribution in [3.63, 3.8) is 0 Å². The van der Waals surface area contributed by atoms with Crippen molar-refractivity contribution in [3.05, 3.63) is 35.5 Å². The van der Waals surface area contributed by atoms with Crippen LogP contribution in [0.2, 0.25) is 0 Å². The van der Waals surface area contributed by atoms with Gasteiger partial charge < -0.3 is 5.32 Å². The Balaban J connectivity index is 2.29. The van der Waals surface area contributed by atoms with Gasteiger partial charge in [-0.2, -0.15) is 0 Å². The number of rotatable bonds is 0. The molecule has 2 aliphatic rings. The molecule has 12 heavy (non-hydrogen) atoms. The molecule has 0 saturated carbocycles. The van der Waals surface area contributed by atoms with E-state index in [2.05, 4.69) is 36.5 Å². The lowest BCUT2D eigenvalue weighted by molar-refractivity contribution is 0.696. The van der Waals surface area contributed by atoms with Crippen molar-refractivity contribution < 1.29 is 0 Å². The van der Waals surface area contributed by atoms with Crippen LogP contribution in [0, 0.1) is 5.92 Å². The van der Waals surface area contributed by atoms with Crippen molar-refractivity contribution in [3.8, 4) is 0 Å². The number of hydrogen-bond acceptors (Lipinski definition) is 1. The Hall–Kier alpha value is -0.820. The highest BCUT2D eigenvalue weighted by Gasteiger charge is 2.09. The highest BCUT2D eigenvalue weighted by atomic mass is 14.9. The van der Waals surface area contributed by atoms with Crippen LogP contribution in [0.1, 0.15) is 13.3 Å². The minimum atomic E-state index is 0.593. The van der Waals surface area contributed by atoms with Gasteiger partial charge in [0.05, 0.1) is 0 Å². The van der Waals surface area contributed by atoms with Crippen molar-refractivity contribution >= 4 is 0 Å². The summed E-state index contributed by atoms with van der Waals surface area (Å²) in [7, 11) is 0. The van der Waals surface area contributed by atoms with Crippen LogP contribution in [0.15, 0.2) is 35.5 Å². The van der Waals surface area contributed by atoms with Crippen molar-refractivity contribution in [2.75, 3.05) is 13.1 Å². The molecule has 0 bridgehead atoms. The molecule has 1 atom stereocenters. The highest BCUT2D eigenvalue weighted by molar-refractivity contribution is 5.39. The van der Waals surface area contributed by atoms with E-state index < -0.39 is 0 Å². The summed E-state index contributed by atoms with van der Waals surface area (Å²) < 4.78 is 0. The Morgan fingerprint density at radius 3 is 2.83 bits per heavy atom. The maximum absolute atomic E-state index is 3.38. The van der Waals surface area contributed by atoms with Crippen molar-refractivity contribution in [2.24, 2.45) is 5.92 Å². The van der Waals surface area contributed by atoms with Crippen molar-refractivity contribution in [1.82, 2.24) is 5.32 Å². The molecule has 64 valence electrons. The summed E-state index contributed by atoms with van der Waals surface area (Å²) in [5, 5.41) is 3.38. The lowest BCUT2D eigenvalue weighted by atomic mass is 10.0. The zero-order chi connectivity index (χ0) is 8.39. The van der Waals surface area contributed by atoms with Crippen LogP contribution in [0.3, 0.4) is 0 Å². The summed E-state index contributed by atoms with van der Waals surface area (Å²) in [4.78, 5) is 0. The number of hydrogen-bond donors (Lipinski definition) is 1. The maximum atomic E-state index is 3.38. The first-order chi connectivity index (χ1) is 5.86. The molecule has 1 aliphatic carbocycles. The molecule has 1 nitrogen and oxygen atoms in total.